The van der Waals surface area contributed by atoms with Gasteiger partial charge in [-0.2, -0.15) is 5.26 Å². The zero-order chi connectivity index (χ0) is 15.6. The van der Waals surface area contributed by atoms with Crippen molar-refractivity contribution in [3.8, 4) is 17.5 Å². The molecule has 0 saturated heterocycles. The van der Waals surface area contributed by atoms with Gasteiger partial charge >= 0.3 is 0 Å². The van der Waals surface area contributed by atoms with Gasteiger partial charge in [-0.1, -0.05) is 12.1 Å². The third-order valence-electron chi connectivity index (χ3n) is 3.94. The van der Waals surface area contributed by atoms with Gasteiger partial charge in [0, 0.05) is 24.7 Å². The second kappa shape index (κ2) is 5.58. The van der Waals surface area contributed by atoms with E-state index in [1.807, 2.05) is 30.3 Å². The van der Waals surface area contributed by atoms with Crippen LogP contribution in [0, 0.1) is 11.3 Å². The van der Waals surface area contributed by atoms with Gasteiger partial charge in [0.15, 0.2) is 0 Å². The third kappa shape index (κ3) is 2.55. The Morgan fingerprint density at radius 2 is 2.13 bits per heavy atom. The molecule has 5 nitrogen and oxygen atoms in total. The first-order valence-electron chi connectivity index (χ1n) is 7.48. The smallest absolute Gasteiger partial charge is 0.226 e. The summed E-state index contributed by atoms with van der Waals surface area (Å²) in [6, 6.07) is 15.4. The lowest BCUT2D eigenvalue weighted by Gasteiger charge is -2.26. The average molecular weight is 302 g/mol. The van der Waals surface area contributed by atoms with Gasteiger partial charge in [-0.25, -0.2) is 9.97 Å². The fraction of sp³-hybridized carbons (Fsp3) is 0.167. The van der Waals surface area contributed by atoms with E-state index in [9.17, 15) is 0 Å². The number of benzene rings is 1. The molecule has 0 spiro atoms. The summed E-state index contributed by atoms with van der Waals surface area (Å²) in [6.45, 7) is 1.55. The summed E-state index contributed by atoms with van der Waals surface area (Å²) in [4.78, 5) is 11.2. The molecule has 2 aromatic heterocycles. The number of nitriles is 1. The van der Waals surface area contributed by atoms with Crippen molar-refractivity contribution in [2.75, 3.05) is 11.4 Å². The number of aromatic nitrogens is 2. The van der Waals surface area contributed by atoms with Crippen molar-refractivity contribution in [3.05, 3.63) is 65.7 Å². The quantitative estimate of drug-likeness (QED) is 0.727. The maximum Gasteiger partial charge on any atom is 0.226 e. The van der Waals surface area contributed by atoms with Crippen molar-refractivity contribution < 1.29 is 4.42 Å². The Morgan fingerprint density at radius 3 is 2.96 bits per heavy atom. The van der Waals surface area contributed by atoms with Gasteiger partial charge in [0.25, 0.3) is 0 Å². The monoisotopic (exact) mass is 302 g/mol. The lowest BCUT2D eigenvalue weighted by atomic mass is 10.1. The van der Waals surface area contributed by atoms with Crippen LogP contribution in [0.1, 0.15) is 17.0 Å². The van der Waals surface area contributed by atoms with Crippen molar-refractivity contribution in [1.29, 1.82) is 5.26 Å². The van der Waals surface area contributed by atoms with Gasteiger partial charge in [-0.05, 0) is 30.3 Å². The van der Waals surface area contributed by atoms with E-state index < -0.39 is 0 Å². The minimum Gasteiger partial charge on any atom is -0.441 e. The molecule has 1 aromatic carbocycles. The zero-order valence-corrected chi connectivity index (χ0v) is 12.4. The molecule has 4 rings (SSSR count). The summed E-state index contributed by atoms with van der Waals surface area (Å²) in [7, 11) is 0. The molecule has 0 bridgehead atoms. The van der Waals surface area contributed by atoms with E-state index in [2.05, 4.69) is 20.9 Å². The number of rotatable bonds is 2. The van der Waals surface area contributed by atoms with Crippen molar-refractivity contribution in [2.24, 2.45) is 0 Å². The van der Waals surface area contributed by atoms with Crippen LogP contribution in [0.3, 0.4) is 0 Å². The Morgan fingerprint density at radius 1 is 1.17 bits per heavy atom. The Balaban J connectivity index is 1.64. The van der Waals surface area contributed by atoms with E-state index >= 15 is 0 Å². The lowest BCUT2D eigenvalue weighted by Crippen LogP contribution is -2.30. The highest BCUT2D eigenvalue weighted by atomic mass is 16.4. The number of nitrogens with zero attached hydrogens (tertiary/aromatic N) is 4. The van der Waals surface area contributed by atoms with Crippen molar-refractivity contribution in [3.63, 3.8) is 0 Å². The standard InChI is InChI=1S/C18H14N4O/c19-11-13-4-3-5-14(10-13)18-21-15-12-22(9-7-16(15)23-18)17-6-1-2-8-20-17/h1-6,8,10H,7,9,12H2. The van der Waals surface area contributed by atoms with Gasteiger partial charge in [0.05, 0.1) is 18.2 Å². The molecule has 0 amide bonds. The molecule has 23 heavy (non-hydrogen) atoms. The fourth-order valence-electron chi connectivity index (χ4n) is 2.78. The summed E-state index contributed by atoms with van der Waals surface area (Å²) in [5.74, 6) is 2.46. The molecule has 0 fully saturated rings. The predicted octanol–water partition coefficient (Wildman–Crippen LogP) is 3.17. The summed E-state index contributed by atoms with van der Waals surface area (Å²) in [5, 5.41) is 9.02. The first kappa shape index (κ1) is 13.5. The van der Waals surface area contributed by atoms with Crippen LogP contribution in [-0.4, -0.2) is 16.5 Å². The van der Waals surface area contributed by atoms with E-state index in [0.717, 1.165) is 35.8 Å². The van der Waals surface area contributed by atoms with Gasteiger partial charge in [0.1, 0.15) is 17.3 Å². The lowest BCUT2D eigenvalue weighted by molar-refractivity contribution is 0.498. The molecule has 0 N–H and O–H groups in total. The van der Waals surface area contributed by atoms with Crippen molar-refractivity contribution in [2.45, 2.75) is 13.0 Å². The average Bonchev–Trinajstić information content (AvgIpc) is 3.06. The number of hydrogen-bond acceptors (Lipinski definition) is 5. The summed E-state index contributed by atoms with van der Waals surface area (Å²) < 4.78 is 5.91. The van der Waals surface area contributed by atoms with E-state index in [0.29, 0.717) is 18.0 Å². The van der Waals surface area contributed by atoms with Crippen LogP contribution in [0.2, 0.25) is 0 Å². The topological polar surface area (TPSA) is 66.0 Å². The zero-order valence-electron chi connectivity index (χ0n) is 12.4. The Labute approximate surface area is 133 Å². The highest BCUT2D eigenvalue weighted by molar-refractivity contribution is 5.57. The van der Waals surface area contributed by atoms with Crippen molar-refractivity contribution in [1.82, 2.24) is 9.97 Å². The van der Waals surface area contributed by atoms with Crippen LogP contribution in [0.25, 0.3) is 11.5 Å². The molecule has 0 aliphatic carbocycles. The van der Waals surface area contributed by atoms with E-state index in [-0.39, 0.29) is 0 Å². The number of pyridine rings is 1. The van der Waals surface area contributed by atoms with Gasteiger partial charge < -0.3 is 9.32 Å². The largest absolute Gasteiger partial charge is 0.441 e. The molecule has 112 valence electrons. The molecule has 1 aliphatic rings. The Hall–Kier alpha value is -3.13. The van der Waals surface area contributed by atoms with Gasteiger partial charge in [-0.3, -0.25) is 0 Å². The second-order valence-corrected chi connectivity index (χ2v) is 5.44. The molecule has 3 heterocycles. The van der Waals surface area contributed by atoms with Crippen LogP contribution in [0.15, 0.2) is 53.1 Å². The maximum atomic E-state index is 9.02. The highest BCUT2D eigenvalue weighted by Crippen LogP contribution is 2.28. The molecule has 0 atom stereocenters. The highest BCUT2D eigenvalue weighted by Gasteiger charge is 2.23. The number of anilines is 1. The molecule has 0 radical (unpaired) electrons. The first-order chi connectivity index (χ1) is 11.3. The van der Waals surface area contributed by atoms with Crippen LogP contribution in [0.4, 0.5) is 5.82 Å². The van der Waals surface area contributed by atoms with Crippen LogP contribution in [0.5, 0.6) is 0 Å². The number of hydrogen-bond donors (Lipinski definition) is 0. The molecule has 1 aliphatic heterocycles. The summed E-state index contributed by atoms with van der Waals surface area (Å²) in [6.07, 6.45) is 2.60. The van der Waals surface area contributed by atoms with Crippen LogP contribution >= 0.6 is 0 Å². The molecular formula is C18H14N4O. The van der Waals surface area contributed by atoms with Gasteiger partial charge in [0.2, 0.25) is 5.89 Å². The van der Waals surface area contributed by atoms with Crippen molar-refractivity contribution >= 4 is 5.82 Å². The number of fused-ring (bicyclic) bond motifs is 1. The molecule has 5 heteroatoms. The predicted molar refractivity (Wildman–Crippen MR) is 85.6 cm³/mol. The van der Waals surface area contributed by atoms with E-state index in [4.69, 9.17) is 9.68 Å². The summed E-state index contributed by atoms with van der Waals surface area (Å²) in [5.41, 5.74) is 2.39. The molecule has 0 saturated carbocycles. The SMILES string of the molecule is N#Cc1cccc(-c2nc3c(o2)CCN(c2ccccn2)C3)c1. The molecule has 3 aromatic rings. The Bertz CT molecular complexity index is 880. The van der Waals surface area contributed by atoms with E-state index in [1.54, 1.807) is 18.3 Å². The third-order valence-corrected chi connectivity index (χ3v) is 3.94. The molecule has 0 unspecified atom stereocenters. The second-order valence-electron chi connectivity index (χ2n) is 5.44. The maximum absolute atomic E-state index is 9.02. The van der Waals surface area contributed by atoms with Gasteiger partial charge in [-0.15, -0.1) is 0 Å². The van der Waals surface area contributed by atoms with Crippen LogP contribution < -0.4 is 4.90 Å². The minimum absolute atomic E-state index is 0.579. The minimum atomic E-state index is 0.579. The summed E-state index contributed by atoms with van der Waals surface area (Å²) >= 11 is 0. The Kier molecular flexibility index (Phi) is 3.28. The number of oxazole rings is 1. The van der Waals surface area contributed by atoms with Crippen LogP contribution in [-0.2, 0) is 13.0 Å². The first-order valence-corrected chi connectivity index (χ1v) is 7.48. The fourth-order valence-corrected chi connectivity index (χ4v) is 2.78. The normalized spacial score (nSPS) is 13.4. The van der Waals surface area contributed by atoms with E-state index in [1.165, 1.54) is 0 Å². The molecular weight excluding hydrogens is 288 g/mol.